The molecule has 0 amide bonds. The molecule has 1 aliphatic carbocycles. The van der Waals surface area contributed by atoms with E-state index in [1.807, 2.05) is 12.1 Å². The molecule has 1 saturated carbocycles. The van der Waals surface area contributed by atoms with Crippen LogP contribution < -0.4 is 14.8 Å². The maximum Gasteiger partial charge on any atom is 0.161 e. The van der Waals surface area contributed by atoms with Crippen molar-refractivity contribution < 1.29 is 9.47 Å². The number of imidazole rings is 1. The summed E-state index contributed by atoms with van der Waals surface area (Å²) in [6.45, 7) is 6.27. The number of methoxy groups -OCH3 is 2. The highest BCUT2D eigenvalue weighted by molar-refractivity contribution is 5.63. The van der Waals surface area contributed by atoms with E-state index in [2.05, 4.69) is 27.0 Å². The molecule has 6 nitrogen and oxygen atoms in total. The van der Waals surface area contributed by atoms with Gasteiger partial charge >= 0.3 is 0 Å². The monoisotopic (exact) mass is 436 g/mol. The minimum atomic E-state index is 0.689. The maximum atomic E-state index is 5.49. The van der Waals surface area contributed by atoms with E-state index in [9.17, 15) is 0 Å². The zero-order valence-corrected chi connectivity index (χ0v) is 19.5. The van der Waals surface area contributed by atoms with Crippen molar-refractivity contribution in [2.75, 3.05) is 40.4 Å². The zero-order valence-electron chi connectivity index (χ0n) is 19.5. The number of nitrogens with zero attached hydrogens (tertiary/aromatic N) is 3. The third-order valence-corrected chi connectivity index (χ3v) is 8.80. The summed E-state index contributed by atoms with van der Waals surface area (Å²) >= 11 is 0. The van der Waals surface area contributed by atoms with Gasteiger partial charge in [-0.05, 0) is 80.6 Å². The normalized spacial score (nSPS) is 25.8. The Balaban J connectivity index is 1.08. The molecule has 1 N–H and O–H groups in total. The number of ether oxygens (including phenoxy) is 2. The van der Waals surface area contributed by atoms with Crippen LogP contribution in [0.15, 0.2) is 24.4 Å². The van der Waals surface area contributed by atoms with Gasteiger partial charge in [-0.2, -0.15) is 0 Å². The largest absolute Gasteiger partial charge is 0.493 e. The van der Waals surface area contributed by atoms with Gasteiger partial charge in [0.1, 0.15) is 5.82 Å². The molecule has 4 heterocycles. The molecular formula is C26H36N4O2. The smallest absolute Gasteiger partial charge is 0.161 e. The van der Waals surface area contributed by atoms with Crippen molar-refractivity contribution >= 4 is 0 Å². The Hall–Kier alpha value is -2.05. The van der Waals surface area contributed by atoms with Crippen LogP contribution in [0.2, 0.25) is 0 Å². The van der Waals surface area contributed by atoms with E-state index >= 15 is 0 Å². The van der Waals surface area contributed by atoms with Gasteiger partial charge in [-0.3, -0.25) is 0 Å². The highest BCUT2D eigenvalue weighted by atomic mass is 16.5. The minimum absolute atomic E-state index is 0.689. The number of rotatable bonds is 5. The number of aryl methyl sites for hydroxylation is 1. The van der Waals surface area contributed by atoms with Gasteiger partial charge in [0, 0.05) is 43.9 Å². The summed E-state index contributed by atoms with van der Waals surface area (Å²) in [5.74, 6) is 4.41. The predicted molar refractivity (Wildman–Crippen MR) is 125 cm³/mol. The van der Waals surface area contributed by atoms with Crippen molar-refractivity contribution in [3.05, 3.63) is 30.2 Å². The van der Waals surface area contributed by atoms with Crippen LogP contribution in [0, 0.1) is 17.3 Å². The standard InChI is InChI=1S/C26H36N4O2/c1-31-23-5-3-19(11-24(23)32-2)22-15-30-14-20(4-6-25(30)28-22)18-7-9-29(10-8-18)21-12-26(13-21)16-27-17-26/h3,5,11,15,18,20-21,27H,4,6-10,12-14,16-17H2,1-2H3. The van der Waals surface area contributed by atoms with Gasteiger partial charge in [0.25, 0.3) is 0 Å². The number of hydrogen-bond acceptors (Lipinski definition) is 5. The molecule has 3 aliphatic heterocycles. The molecule has 0 radical (unpaired) electrons. The molecule has 1 spiro atoms. The van der Waals surface area contributed by atoms with E-state index in [0.29, 0.717) is 5.41 Å². The lowest BCUT2D eigenvalue weighted by molar-refractivity contribution is -0.0499. The number of fused-ring (bicyclic) bond motifs is 1. The lowest BCUT2D eigenvalue weighted by Crippen LogP contribution is -2.65. The first-order valence-electron chi connectivity index (χ1n) is 12.4. The fraction of sp³-hybridized carbons (Fsp3) is 0.654. The van der Waals surface area contributed by atoms with E-state index in [1.165, 1.54) is 64.1 Å². The van der Waals surface area contributed by atoms with Crippen LogP contribution in [0.5, 0.6) is 11.5 Å². The summed E-state index contributed by atoms with van der Waals surface area (Å²) in [6.07, 6.45) is 10.2. The number of hydrogen-bond donors (Lipinski definition) is 1. The van der Waals surface area contributed by atoms with E-state index in [4.69, 9.17) is 14.5 Å². The Morgan fingerprint density at radius 3 is 2.47 bits per heavy atom. The Morgan fingerprint density at radius 1 is 1.00 bits per heavy atom. The van der Waals surface area contributed by atoms with Crippen LogP contribution in [0.3, 0.4) is 0 Å². The molecule has 2 saturated heterocycles. The molecule has 32 heavy (non-hydrogen) atoms. The Labute approximate surface area is 191 Å². The second kappa shape index (κ2) is 8.07. The van der Waals surface area contributed by atoms with Crippen LogP contribution in [0.4, 0.5) is 0 Å². The first-order chi connectivity index (χ1) is 15.7. The van der Waals surface area contributed by atoms with E-state index in [0.717, 1.165) is 53.6 Å². The molecule has 0 bridgehead atoms. The van der Waals surface area contributed by atoms with Crippen molar-refractivity contribution in [1.29, 1.82) is 0 Å². The summed E-state index contributed by atoms with van der Waals surface area (Å²) < 4.78 is 13.3. The topological polar surface area (TPSA) is 51.5 Å². The third-order valence-electron chi connectivity index (χ3n) is 8.80. The molecule has 6 heteroatoms. The van der Waals surface area contributed by atoms with Crippen LogP contribution >= 0.6 is 0 Å². The highest BCUT2D eigenvalue weighted by Crippen LogP contribution is 2.47. The minimum Gasteiger partial charge on any atom is -0.493 e. The van der Waals surface area contributed by atoms with Crippen LogP contribution in [-0.4, -0.2) is 60.9 Å². The van der Waals surface area contributed by atoms with Crippen molar-refractivity contribution in [2.24, 2.45) is 17.3 Å². The van der Waals surface area contributed by atoms with Crippen LogP contribution in [0.1, 0.15) is 37.9 Å². The van der Waals surface area contributed by atoms with Gasteiger partial charge < -0.3 is 24.3 Å². The molecule has 4 aliphatic rings. The molecule has 3 fully saturated rings. The number of likely N-dealkylation sites (tertiary alicyclic amines) is 1. The third kappa shape index (κ3) is 3.52. The quantitative estimate of drug-likeness (QED) is 0.776. The van der Waals surface area contributed by atoms with Crippen molar-refractivity contribution in [1.82, 2.24) is 19.8 Å². The fourth-order valence-corrected chi connectivity index (χ4v) is 6.71. The number of piperidine rings is 1. The number of aromatic nitrogens is 2. The lowest BCUT2D eigenvalue weighted by atomic mass is 9.61. The summed E-state index contributed by atoms with van der Waals surface area (Å²) in [5.41, 5.74) is 2.82. The van der Waals surface area contributed by atoms with E-state index < -0.39 is 0 Å². The first kappa shape index (κ1) is 20.5. The summed E-state index contributed by atoms with van der Waals surface area (Å²) in [7, 11) is 3.36. The zero-order chi connectivity index (χ0) is 21.7. The molecule has 1 aromatic heterocycles. The van der Waals surface area contributed by atoms with Crippen molar-refractivity contribution in [3.8, 4) is 22.8 Å². The fourth-order valence-electron chi connectivity index (χ4n) is 6.71. The van der Waals surface area contributed by atoms with Crippen molar-refractivity contribution in [2.45, 2.75) is 51.1 Å². The molecule has 2 aromatic rings. The van der Waals surface area contributed by atoms with Gasteiger partial charge in [-0.1, -0.05) is 0 Å². The summed E-state index contributed by atoms with van der Waals surface area (Å²) in [6, 6.07) is 6.94. The van der Waals surface area contributed by atoms with Gasteiger partial charge in [0.15, 0.2) is 11.5 Å². The summed E-state index contributed by atoms with van der Waals surface area (Å²) in [4.78, 5) is 7.77. The molecule has 1 unspecified atom stereocenters. The first-order valence-corrected chi connectivity index (χ1v) is 12.4. The SMILES string of the molecule is COc1ccc(-c2cn3c(n2)CCC(C2CCN(C4CC5(CNC5)C4)CC2)C3)cc1OC. The predicted octanol–water partition coefficient (Wildman–Crippen LogP) is 3.59. The molecule has 1 atom stereocenters. The molecule has 1 aromatic carbocycles. The second-order valence-corrected chi connectivity index (χ2v) is 10.6. The van der Waals surface area contributed by atoms with Crippen LogP contribution in [-0.2, 0) is 13.0 Å². The molecule has 172 valence electrons. The Kier molecular flexibility index (Phi) is 5.18. The van der Waals surface area contributed by atoms with Gasteiger partial charge in [-0.25, -0.2) is 4.98 Å². The Morgan fingerprint density at radius 2 is 1.78 bits per heavy atom. The lowest BCUT2D eigenvalue weighted by Gasteiger charge is -2.58. The number of nitrogens with one attached hydrogen (secondary N) is 1. The average Bonchev–Trinajstić information content (AvgIpc) is 3.20. The average molecular weight is 437 g/mol. The van der Waals surface area contributed by atoms with E-state index in [1.54, 1.807) is 14.2 Å². The van der Waals surface area contributed by atoms with Crippen molar-refractivity contribution in [3.63, 3.8) is 0 Å². The summed E-state index contributed by atoms with van der Waals surface area (Å²) in [5, 5.41) is 3.47. The maximum absolute atomic E-state index is 5.49. The highest BCUT2D eigenvalue weighted by Gasteiger charge is 2.50. The van der Waals surface area contributed by atoms with Gasteiger partial charge in [0.2, 0.25) is 0 Å². The number of benzene rings is 1. The van der Waals surface area contributed by atoms with Crippen LogP contribution in [0.25, 0.3) is 11.3 Å². The molecular weight excluding hydrogens is 400 g/mol. The van der Waals surface area contributed by atoms with Gasteiger partial charge in [-0.15, -0.1) is 0 Å². The van der Waals surface area contributed by atoms with Gasteiger partial charge in [0.05, 0.1) is 19.9 Å². The Bertz CT molecular complexity index is 966. The van der Waals surface area contributed by atoms with E-state index in [-0.39, 0.29) is 0 Å². The second-order valence-electron chi connectivity index (χ2n) is 10.6. The molecule has 6 rings (SSSR count).